The molecule has 0 bridgehead atoms. The second kappa shape index (κ2) is 10.4. The van der Waals surface area contributed by atoms with E-state index in [1.54, 1.807) is 18.3 Å². The molecule has 0 spiro atoms. The zero-order chi connectivity index (χ0) is 19.6. The van der Waals surface area contributed by atoms with Gasteiger partial charge in [-0.15, -0.1) is 0 Å². The summed E-state index contributed by atoms with van der Waals surface area (Å²) in [4.78, 5) is 4.33. The molecular formula is C21H26N4O3. The lowest BCUT2D eigenvalue weighted by Gasteiger charge is -2.12. The molecule has 0 radical (unpaired) electrons. The summed E-state index contributed by atoms with van der Waals surface area (Å²) in [6, 6.07) is 17.6. The molecule has 2 N–H and O–H groups in total. The van der Waals surface area contributed by atoms with Gasteiger partial charge in [-0.1, -0.05) is 42.5 Å². The van der Waals surface area contributed by atoms with Crippen molar-refractivity contribution in [3.05, 3.63) is 65.7 Å². The van der Waals surface area contributed by atoms with Crippen molar-refractivity contribution in [2.45, 2.75) is 12.7 Å². The molecule has 1 heterocycles. The Morgan fingerprint density at radius 1 is 1.18 bits per heavy atom. The van der Waals surface area contributed by atoms with E-state index in [1.165, 1.54) is 0 Å². The van der Waals surface area contributed by atoms with Crippen LogP contribution in [0.3, 0.4) is 0 Å². The number of nitrogens with zero attached hydrogens (tertiary/aromatic N) is 3. The Hall–Kier alpha value is -2.90. The standard InChI is InChI=1S/C21H26N4O3/c1-25(24-16-17-7-3-2-4-8-17)21(22)23-11-6-12-26-19-10-5-9-18(15-19)20-27-13-14-28-20/h2-5,7-10,15-16,20H,6,11-14H2,1H3,(H2,22,23). The number of guanidine groups is 1. The predicted octanol–water partition coefficient (Wildman–Crippen LogP) is 2.78. The minimum Gasteiger partial charge on any atom is -0.494 e. The molecule has 7 heteroatoms. The lowest BCUT2D eigenvalue weighted by atomic mass is 10.2. The fraction of sp³-hybridized carbons (Fsp3) is 0.333. The molecule has 1 aliphatic heterocycles. The number of ether oxygens (including phenoxy) is 3. The van der Waals surface area contributed by atoms with Gasteiger partial charge < -0.3 is 19.9 Å². The highest BCUT2D eigenvalue weighted by molar-refractivity contribution is 5.82. The molecule has 0 aliphatic carbocycles. The van der Waals surface area contributed by atoms with Crippen LogP contribution in [0.5, 0.6) is 5.75 Å². The van der Waals surface area contributed by atoms with Crippen molar-refractivity contribution >= 4 is 12.2 Å². The van der Waals surface area contributed by atoms with Crippen molar-refractivity contribution in [1.29, 1.82) is 0 Å². The first-order valence-electron chi connectivity index (χ1n) is 9.31. The molecule has 3 rings (SSSR count). The molecule has 0 saturated carbocycles. The fourth-order valence-corrected chi connectivity index (χ4v) is 2.60. The van der Waals surface area contributed by atoms with Crippen LogP contribution in [0.2, 0.25) is 0 Å². The van der Waals surface area contributed by atoms with Crippen LogP contribution in [0.25, 0.3) is 0 Å². The van der Waals surface area contributed by atoms with Crippen LogP contribution in [0.4, 0.5) is 0 Å². The predicted molar refractivity (Wildman–Crippen MR) is 109 cm³/mol. The molecule has 0 amide bonds. The van der Waals surface area contributed by atoms with Crippen LogP contribution >= 0.6 is 0 Å². The van der Waals surface area contributed by atoms with Crippen LogP contribution in [-0.4, -0.2) is 50.6 Å². The van der Waals surface area contributed by atoms with Crippen molar-refractivity contribution in [3.63, 3.8) is 0 Å². The molecule has 1 saturated heterocycles. The third-order valence-electron chi connectivity index (χ3n) is 4.11. The first-order chi connectivity index (χ1) is 13.7. The summed E-state index contributed by atoms with van der Waals surface area (Å²) in [6.45, 7) is 2.35. The van der Waals surface area contributed by atoms with Gasteiger partial charge in [0.1, 0.15) is 5.75 Å². The van der Waals surface area contributed by atoms with Gasteiger partial charge in [-0.3, -0.25) is 4.99 Å². The third-order valence-corrected chi connectivity index (χ3v) is 4.11. The molecule has 2 aromatic carbocycles. The van der Waals surface area contributed by atoms with Gasteiger partial charge >= 0.3 is 0 Å². The van der Waals surface area contributed by atoms with Crippen molar-refractivity contribution in [1.82, 2.24) is 5.01 Å². The van der Waals surface area contributed by atoms with Crippen molar-refractivity contribution < 1.29 is 14.2 Å². The number of hydrogen-bond donors (Lipinski definition) is 1. The van der Waals surface area contributed by atoms with Crippen LogP contribution in [0, 0.1) is 0 Å². The molecule has 148 valence electrons. The molecule has 2 aromatic rings. The van der Waals surface area contributed by atoms with E-state index in [2.05, 4.69) is 10.1 Å². The maximum Gasteiger partial charge on any atom is 0.211 e. The Balaban J connectivity index is 1.40. The molecule has 0 atom stereocenters. The number of hydrazone groups is 1. The van der Waals surface area contributed by atoms with E-state index < -0.39 is 0 Å². The molecule has 7 nitrogen and oxygen atoms in total. The van der Waals surface area contributed by atoms with Crippen LogP contribution in [-0.2, 0) is 9.47 Å². The van der Waals surface area contributed by atoms with E-state index >= 15 is 0 Å². The van der Waals surface area contributed by atoms with Gasteiger partial charge in [-0.2, -0.15) is 5.10 Å². The first-order valence-corrected chi connectivity index (χ1v) is 9.31. The highest BCUT2D eigenvalue weighted by atomic mass is 16.7. The maximum absolute atomic E-state index is 5.96. The van der Waals surface area contributed by atoms with Gasteiger partial charge in [0.25, 0.3) is 0 Å². The zero-order valence-electron chi connectivity index (χ0n) is 16.0. The quantitative estimate of drug-likeness (QED) is 0.329. The summed E-state index contributed by atoms with van der Waals surface area (Å²) in [5, 5.41) is 5.84. The summed E-state index contributed by atoms with van der Waals surface area (Å²) in [5.74, 6) is 1.16. The monoisotopic (exact) mass is 382 g/mol. The normalized spacial score (nSPS) is 15.2. The number of nitrogens with two attached hydrogens (primary N) is 1. The largest absolute Gasteiger partial charge is 0.494 e. The summed E-state index contributed by atoms with van der Waals surface area (Å²) in [5.41, 5.74) is 7.93. The van der Waals surface area contributed by atoms with Crippen LogP contribution in [0.15, 0.2) is 64.7 Å². The van der Waals surface area contributed by atoms with E-state index in [9.17, 15) is 0 Å². The van der Waals surface area contributed by atoms with Gasteiger partial charge in [-0.25, -0.2) is 5.01 Å². The highest BCUT2D eigenvalue weighted by Crippen LogP contribution is 2.26. The maximum atomic E-state index is 5.96. The second-order valence-electron chi connectivity index (χ2n) is 6.27. The van der Waals surface area contributed by atoms with Gasteiger partial charge in [0.2, 0.25) is 5.96 Å². The van der Waals surface area contributed by atoms with E-state index in [-0.39, 0.29) is 6.29 Å². The van der Waals surface area contributed by atoms with Gasteiger partial charge in [0.15, 0.2) is 6.29 Å². The topological polar surface area (TPSA) is 81.7 Å². The Morgan fingerprint density at radius 3 is 2.75 bits per heavy atom. The van der Waals surface area contributed by atoms with Crippen molar-refractivity contribution in [2.24, 2.45) is 15.8 Å². The molecular weight excluding hydrogens is 356 g/mol. The first kappa shape index (κ1) is 19.9. The fourth-order valence-electron chi connectivity index (χ4n) is 2.60. The lowest BCUT2D eigenvalue weighted by Crippen LogP contribution is -2.30. The average molecular weight is 382 g/mol. The van der Waals surface area contributed by atoms with E-state index in [4.69, 9.17) is 19.9 Å². The van der Waals surface area contributed by atoms with Gasteiger partial charge in [-0.05, 0) is 17.7 Å². The molecule has 28 heavy (non-hydrogen) atoms. The minimum absolute atomic E-state index is 0.292. The zero-order valence-corrected chi connectivity index (χ0v) is 16.0. The highest BCUT2D eigenvalue weighted by Gasteiger charge is 2.18. The molecule has 1 fully saturated rings. The molecule has 1 aliphatic rings. The average Bonchev–Trinajstić information content (AvgIpc) is 3.27. The van der Waals surface area contributed by atoms with Gasteiger partial charge in [0, 0.05) is 25.6 Å². The Bertz CT molecular complexity index is 789. The number of rotatable bonds is 8. The summed E-state index contributed by atoms with van der Waals surface area (Å²) in [7, 11) is 1.77. The Labute approximate surface area is 165 Å². The summed E-state index contributed by atoms with van der Waals surface area (Å²) >= 11 is 0. The van der Waals surface area contributed by atoms with E-state index in [0.29, 0.717) is 32.3 Å². The van der Waals surface area contributed by atoms with Crippen molar-refractivity contribution in [2.75, 3.05) is 33.4 Å². The Kier molecular flexibility index (Phi) is 7.40. The van der Waals surface area contributed by atoms with Crippen LogP contribution in [0.1, 0.15) is 23.8 Å². The van der Waals surface area contributed by atoms with Crippen LogP contribution < -0.4 is 10.5 Å². The smallest absolute Gasteiger partial charge is 0.211 e. The third kappa shape index (κ3) is 6.07. The summed E-state index contributed by atoms with van der Waals surface area (Å²) in [6.07, 6.45) is 2.20. The van der Waals surface area contributed by atoms with E-state index in [0.717, 1.165) is 23.3 Å². The Morgan fingerprint density at radius 2 is 1.96 bits per heavy atom. The lowest BCUT2D eigenvalue weighted by molar-refractivity contribution is -0.0442. The van der Waals surface area contributed by atoms with Crippen molar-refractivity contribution in [3.8, 4) is 5.75 Å². The second-order valence-corrected chi connectivity index (χ2v) is 6.27. The number of benzene rings is 2. The summed E-state index contributed by atoms with van der Waals surface area (Å²) < 4.78 is 16.8. The SMILES string of the molecule is CN(N=Cc1ccccc1)C(N)=NCCCOc1cccc(C2OCCO2)c1. The number of hydrogen-bond acceptors (Lipinski definition) is 5. The number of aliphatic imine (C=N–C) groups is 1. The van der Waals surface area contributed by atoms with Gasteiger partial charge in [0.05, 0.1) is 26.0 Å². The molecule has 0 unspecified atom stereocenters. The van der Waals surface area contributed by atoms with E-state index in [1.807, 2.05) is 54.6 Å². The minimum atomic E-state index is -0.292. The molecule has 0 aromatic heterocycles.